The first-order valence-electron chi connectivity index (χ1n) is 17.6. The van der Waals surface area contributed by atoms with Gasteiger partial charge < -0.3 is 35.1 Å². The molecule has 0 spiro atoms. The zero-order valence-corrected chi connectivity index (χ0v) is 30.7. The molecule has 3 aromatic carbocycles. The van der Waals surface area contributed by atoms with E-state index >= 15 is 4.39 Å². The number of nitrogens with one attached hydrogen (secondary N) is 3. The zero-order chi connectivity index (χ0) is 37.2. The Morgan fingerprint density at radius 1 is 0.904 bits per heavy atom. The highest BCUT2D eigenvalue weighted by molar-refractivity contribution is 6.06. The number of amides is 2. The first-order chi connectivity index (χ1) is 25.0. The summed E-state index contributed by atoms with van der Waals surface area (Å²) in [5.74, 6) is -0.725. The van der Waals surface area contributed by atoms with Crippen LogP contribution >= 0.6 is 0 Å². The summed E-state index contributed by atoms with van der Waals surface area (Å²) in [5, 5.41) is 8.79. The monoisotopic (exact) mass is 713 g/mol. The molecule has 2 amide bonds. The molecule has 2 heterocycles. The minimum Gasteiger partial charge on any atom is -0.493 e. The van der Waals surface area contributed by atoms with Crippen LogP contribution < -0.4 is 30.2 Å². The van der Waals surface area contributed by atoms with Gasteiger partial charge in [0.1, 0.15) is 12.2 Å². The molecule has 1 aliphatic rings. The van der Waals surface area contributed by atoms with Gasteiger partial charge in [-0.1, -0.05) is 25.1 Å². The lowest BCUT2D eigenvalue weighted by molar-refractivity contribution is 0.0942. The van der Waals surface area contributed by atoms with Gasteiger partial charge in [-0.2, -0.15) is 4.98 Å². The first kappa shape index (κ1) is 38.0. The second kappa shape index (κ2) is 17.8. The summed E-state index contributed by atoms with van der Waals surface area (Å²) in [4.78, 5) is 40.0. The molecule has 13 heteroatoms. The number of anilines is 3. The van der Waals surface area contributed by atoms with E-state index in [9.17, 15) is 9.59 Å². The Bertz CT molecular complexity index is 1840. The van der Waals surface area contributed by atoms with Gasteiger partial charge in [-0.25, -0.2) is 9.37 Å². The summed E-state index contributed by atoms with van der Waals surface area (Å²) in [5.41, 5.74) is 3.20. The van der Waals surface area contributed by atoms with Gasteiger partial charge in [-0.05, 0) is 82.1 Å². The zero-order valence-electron chi connectivity index (χ0n) is 30.7. The largest absolute Gasteiger partial charge is 0.493 e. The van der Waals surface area contributed by atoms with Crippen LogP contribution in [-0.2, 0) is 0 Å². The third-order valence-electron chi connectivity index (χ3n) is 8.63. The molecule has 1 aliphatic heterocycles. The molecule has 0 radical (unpaired) electrons. The van der Waals surface area contributed by atoms with Crippen LogP contribution in [0.25, 0.3) is 0 Å². The third kappa shape index (κ3) is 9.95. The molecule has 0 atom stereocenters. The molecular formula is C39H48FN7O5. The van der Waals surface area contributed by atoms with Crippen LogP contribution in [-0.4, -0.2) is 90.6 Å². The highest BCUT2D eigenvalue weighted by Gasteiger charge is 2.22. The highest BCUT2D eigenvalue weighted by Crippen LogP contribution is 2.34. The summed E-state index contributed by atoms with van der Waals surface area (Å²) in [6.45, 7) is 15.9. The molecule has 1 fully saturated rings. The van der Waals surface area contributed by atoms with Crippen LogP contribution in [0.2, 0.25) is 0 Å². The second-order valence-electron chi connectivity index (χ2n) is 13.0. The van der Waals surface area contributed by atoms with Gasteiger partial charge in [0.15, 0.2) is 23.1 Å². The number of carbonyl (C=O) groups is 2. The summed E-state index contributed by atoms with van der Waals surface area (Å²) >= 11 is 0. The number of nitrogens with zero attached hydrogens (tertiary/aromatic N) is 4. The number of aromatic nitrogens is 2. The average molecular weight is 714 g/mol. The average Bonchev–Trinajstić information content (AvgIpc) is 3.11. The van der Waals surface area contributed by atoms with E-state index in [0.29, 0.717) is 23.5 Å². The van der Waals surface area contributed by atoms with Crippen molar-refractivity contribution in [3.8, 4) is 23.1 Å². The standard InChI is InChI=1S/C39H48FN7O5/c1-7-15-46-16-18-47(19-17-46)20-21-51-32-14-12-29(23-31(32)40)43-39-41-24-30(37(49)44-35-26(4)9-8-10-27(35)5)38(45-39)52-33-13-11-28(22-34(33)50-6)36(48)42-25(2)3/h8-14,22-25H,7,15-21H2,1-6H3,(H,42,48)(H,44,49)(H,41,43,45). The highest BCUT2D eigenvalue weighted by atomic mass is 19.1. The van der Waals surface area contributed by atoms with Crippen LogP contribution in [0, 0.1) is 19.7 Å². The quantitative estimate of drug-likeness (QED) is 0.124. The molecule has 5 rings (SSSR count). The number of aryl methyl sites for hydroxylation is 2. The fourth-order valence-corrected chi connectivity index (χ4v) is 5.86. The Labute approximate surface area is 304 Å². The lowest BCUT2D eigenvalue weighted by Crippen LogP contribution is -2.47. The van der Waals surface area contributed by atoms with Gasteiger partial charge in [0.05, 0.1) is 7.11 Å². The molecule has 0 bridgehead atoms. The molecule has 0 aliphatic carbocycles. The molecule has 1 saturated heterocycles. The predicted molar refractivity (Wildman–Crippen MR) is 200 cm³/mol. The summed E-state index contributed by atoms with van der Waals surface area (Å²) in [7, 11) is 1.45. The van der Waals surface area contributed by atoms with Crippen LogP contribution in [0.5, 0.6) is 23.1 Å². The van der Waals surface area contributed by atoms with E-state index < -0.39 is 11.7 Å². The SMILES string of the molecule is CCCN1CCN(CCOc2ccc(Nc3ncc(C(=O)Nc4c(C)cccc4C)c(Oc4ccc(C(=O)NC(C)C)cc4OC)n3)cc2F)CC1. The molecular weight excluding hydrogens is 665 g/mol. The minimum atomic E-state index is -0.537. The summed E-state index contributed by atoms with van der Waals surface area (Å²) < 4.78 is 32.7. The number of piperazine rings is 1. The van der Waals surface area contributed by atoms with E-state index in [1.165, 1.54) is 19.4 Å². The number of methoxy groups -OCH3 is 1. The molecule has 276 valence electrons. The maximum absolute atomic E-state index is 15.2. The topological polar surface area (TPSA) is 130 Å². The van der Waals surface area contributed by atoms with E-state index in [2.05, 4.69) is 42.6 Å². The van der Waals surface area contributed by atoms with Crippen molar-refractivity contribution in [1.82, 2.24) is 25.1 Å². The molecule has 1 aromatic heterocycles. The summed E-state index contributed by atoms with van der Waals surface area (Å²) in [6, 6.07) is 14.9. The van der Waals surface area contributed by atoms with Crippen molar-refractivity contribution in [2.24, 2.45) is 0 Å². The van der Waals surface area contributed by atoms with Crippen LogP contribution in [0.1, 0.15) is 59.0 Å². The van der Waals surface area contributed by atoms with Crippen LogP contribution in [0.15, 0.2) is 60.8 Å². The number of hydrogen-bond acceptors (Lipinski definition) is 10. The Morgan fingerprint density at radius 2 is 1.60 bits per heavy atom. The van der Waals surface area contributed by atoms with Crippen molar-refractivity contribution in [3.63, 3.8) is 0 Å². The number of halogens is 1. The van der Waals surface area contributed by atoms with Crippen LogP contribution in [0.3, 0.4) is 0 Å². The lowest BCUT2D eigenvalue weighted by Gasteiger charge is -2.34. The number of hydrogen-bond donors (Lipinski definition) is 3. The predicted octanol–water partition coefficient (Wildman–Crippen LogP) is 6.57. The molecule has 4 aromatic rings. The van der Waals surface area contributed by atoms with Crippen molar-refractivity contribution in [2.75, 3.05) is 63.6 Å². The van der Waals surface area contributed by atoms with Gasteiger partial charge in [0, 0.05) is 68.0 Å². The van der Waals surface area contributed by atoms with E-state index in [0.717, 1.165) is 56.8 Å². The molecule has 0 unspecified atom stereocenters. The van der Waals surface area contributed by atoms with Gasteiger partial charge >= 0.3 is 0 Å². The Balaban J connectivity index is 1.34. The second-order valence-corrected chi connectivity index (χ2v) is 13.0. The summed E-state index contributed by atoms with van der Waals surface area (Å²) in [6.07, 6.45) is 2.48. The Hall–Kier alpha value is -5.27. The van der Waals surface area contributed by atoms with Gasteiger partial charge in [-0.3, -0.25) is 14.5 Å². The van der Waals surface area contributed by atoms with Crippen molar-refractivity contribution in [3.05, 3.63) is 88.9 Å². The van der Waals surface area contributed by atoms with Crippen molar-refractivity contribution >= 4 is 29.1 Å². The number of benzene rings is 3. The van der Waals surface area contributed by atoms with Gasteiger partial charge in [-0.15, -0.1) is 0 Å². The van der Waals surface area contributed by atoms with E-state index in [1.54, 1.807) is 30.3 Å². The molecule has 0 saturated carbocycles. The molecule has 52 heavy (non-hydrogen) atoms. The van der Waals surface area contributed by atoms with Gasteiger partial charge in [0.2, 0.25) is 11.8 Å². The normalized spacial score (nSPS) is 13.5. The Morgan fingerprint density at radius 3 is 2.25 bits per heavy atom. The number of rotatable bonds is 15. The van der Waals surface area contributed by atoms with Gasteiger partial charge in [0.25, 0.3) is 11.8 Å². The maximum Gasteiger partial charge on any atom is 0.262 e. The maximum atomic E-state index is 15.2. The van der Waals surface area contributed by atoms with Crippen molar-refractivity contribution in [1.29, 1.82) is 0 Å². The fourth-order valence-electron chi connectivity index (χ4n) is 5.86. The van der Waals surface area contributed by atoms with E-state index in [-0.39, 0.29) is 46.6 Å². The Kier molecular flexibility index (Phi) is 13.0. The minimum absolute atomic E-state index is 0.0404. The van der Waals surface area contributed by atoms with Crippen LogP contribution in [0.4, 0.5) is 21.7 Å². The third-order valence-corrected chi connectivity index (χ3v) is 8.63. The lowest BCUT2D eigenvalue weighted by atomic mass is 10.1. The molecule has 12 nitrogen and oxygen atoms in total. The van der Waals surface area contributed by atoms with E-state index in [4.69, 9.17) is 14.2 Å². The van der Waals surface area contributed by atoms with Crippen molar-refractivity contribution < 1.29 is 28.2 Å². The number of para-hydroxylation sites is 1. The van der Waals surface area contributed by atoms with Crippen molar-refractivity contribution in [2.45, 2.75) is 47.1 Å². The first-order valence-corrected chi connectivity index (χ1v) is 17.6. The number of carbonyl (C=O) groups excluding carboxylic acids is 2. The molecule has 3 N–H and O–H groups in total. The van der Waals surface area contributed by atoms with E-state index in [1.807, 2.05) is 45.9 Å². The number of ether oxygens (including phenoxy) is 3. The fraction of sp³-hybridized carbons (Fsp3) is 0.385. The smallest absolute Gasteiger partial charge is 0.262 e.